The van der Waals surface area contributed by atoms with E-state index in [1.54, 1.807) is 17.9 Å². The van der Waals surface area contributed by atoms with Crippen molar-refractivity contribution in [1.82, 2.24) is 14.7 Å². The lowest BCUT2D eigenvalue weighted by atomic mass is 10.2. The second-order valence-electron chi connectivity index (χ2n) is 4.14. The molecule has 1 heterocycles. The van der Waals surface area contributed by atoms with E-state index in [4.69, 9.17) is 5.11 Å². The van der Waals surface area contributed by atoms with Crippen molar-refractivity contribution in [2.75, 3.05) is 13.1 Å². The van der Waals surface area contributed by atoms with Crippen molar-refractivity contribution in [2.45, 2.75) is 26.7 Å². The number of aliphatic carboxylic acids is 1. The molecule has 100 valence electrons. The fourth-order valence-corrected chi connectivity index (χ4v) is 1.83. The van der Waals surface area contributed by atoms with Crippen LogP contribution in [-0.4, -0.2) is 44.8 Å². The Morgan fingerprint density at radius 3 is 2.61 bits per heavy atom. The number of amides is 1. The summed E-state index contributed by atoms with van der Waals surface area (Å²) < 4.78 is 1.58. The fraction of sp³-hybridized carbons (Fsp3) is 0.583. The van der Waals surface area contributed by atoms with Gasteiger partial charge in [-0.05, 0) is 12.8 Å². The predicted octanol–water partition coefficient (Wildman–Crippen LogP) is 0.919. The van der Waals surface area contributed by atoms with Gasteiger partial charge in [0, 0.05) is 19.8 Å². The number of carbonyl (C=O) groups excluding carboxylic acids is 1. The maximum absolute atomic E-state index is 12.3. The molecule has 0 atom stereocenters. The van der Waals surface area contributed by atoms with Gasteiger partial charge < -0.3 is 10.0 Å². The van der Waals surface area contributed by atoms with Crippen LogP contribution in [0.25, 0.3) is 0 Å². The lowest BCUT2D eigenvalue weighted by molar-refractivity contribution is -0.137. The average Bonchev–Trinajstić information content (AvgIpc) is 2.68. The van der Waals surface area contributed by atoms with Gasteiger partial charge in [-0.2, -0.15) is 5.10 Å². The summed E-state index contributed by atoms with van der Waals surface area (Å²) in [6.45, 7) is 3.99. The number of nitrogens with zero attached hydrogens (tertiary/aromatic N) is 3. The van der Waals surface area contributed by atoms with Crippen LogP contribution in [-0.2, 0) is 18.3 Å². The number of aromatic nitrogens is 2. The Labute approximate surface area is 106 Å². The lowest BCUT2D eigenvalue weighted by Crippen LogP contribution is -2.36. The maximum atomic E-state index is 12.3. The Bertz CT molecular complexity index is 440. The van der Waals surface area contributed by atoms with Gasteiger partial charge in [-0.1, -0.05) is 13.8 Å². The van der Waals surface area contributed by atoms with Crippen LogP contribution < -0.4 is 0 Å². The largest absolute Gasteiger partial charge is 0.480 e. The van der Waals surface area contributed by atoms with E-state index >= 15 is 0 Å². The third-order valence-electron chi connectivity index (χ3n) is 2.58. The van der Waals surface area contributed by atoms with Gasteiger partial charge in [0.1, 0.15) is 6.54 Å². The summed E-state index contributed by atoms with van der Waals surface area (Å²) in [4.78, 5) is 24.4. The first kappa shape index (κ1) is 14.2. The van der Waals surface area contributed by atoms with Crippen molar-refractivity contribution in [3.05, 3.63) is 17.5 Å². The maximum Gasteiger partial charge on any atom is 0.323 e. The fourth-order valence-electron chi connectivity index (χ4n) is 1.83. The molecule has 0 unspecified atom stereocenters. The predicted molar refractivity (Wildman–Crippen MR) is 66.4 cm³/mol. The average molecular weight is 253 g/mol. The summed E-state index contributed by atoms with van der Waals surface area (Å²) in [6.07, 6.45) is 3.02. The molecule has 6 nitrogen and oxygen atoms in total. The monoisotopic (exact) mass is 253 g/mol. The zero-order valence-corrected chi connectivity index (χ0v) is 11.0. The van der Waals surface area contributed by atoms with E-state index in [-0.39, 0.29) is 12.5 Å². The molecule has 0 radical (unpaired) electrons. The SMILES string of the molecule is CCCN(CC(=O)O)C(=O)c1cn(C)nc1CC. The summed E-state index contributed by atoms with van der Waals surface area (Å²) in [6, 6.07) is 0. The normalized spacial score (nSPS) is 10.4. The molecule has 0 aliphatic rings. The molecule has 1 aromatic rings. The van der Waals surface area contributed by atoms with Crippen molar-refractivity contribution in [1.29, 1.82) is 0 Å². The van der Waals surface area contributed by atoms with Gasteiger partial charge in [0.25, 0.3) is 5.91 Å². The number of aryl methyl sites for hydroxylation is 2. The van der Waals surface area contributed by atoms with Crippen molar-refractivity contribution >= 4 is 11.9 Å². The van der Waals surface area contributed by atoms with Gasteiger partial charge in [-0.15, -0.1) is 0 Å². The van der Waals surface area contributed by atoms with Gasteiger partial charge in [0.2, 0.25) is 0 Å². The molecule has 0 spiro atoms. The van der Waals surface area contributed by atoms with Crippen molar-refractivity contribution < 1.29 is 14.7 Å². The molecule has 6 heteroatoms. The molecular formula is C12H19N3O3. The van der Waals surface area contributed by atoms with Crippen molar-refractivity contribution in [3.63, 3.8) is 0 Å². The van der Waals surface area contributed by atoms with Crippen LogP contribution in [0.3, 0.4) is 0 Å². The Kier molecular flexibility index (Phi) is 4.88. The first-order chi connectivity index (χ1) is 8.49. The zero-order valence-electron chi connectivity index (χ0n) is 11.0. The highest BCUT2D eigenvalue weighted by atomic mass is 16.4. The third kappa shape index (κ3) is 3.32. The van der Waals surface area contributed by atoms with Crippen LogP contribution in [0.4, 0.5) is 0 Å². The highest BCUT2D eigenvalue weighted by Gasteiger charge is 2.22. The van der Waals surface area contributed by atoms with E-state index in [2.05, 4.69) is 5.10 Å². The van der Waals surface area contributed by atoms with Crippen LogP contribution in [0.15, 0.2) is 6.20 Å². The van der Waals surface area contributed by atoms with E-state index in [9.17, 15) is 9.59 Å². The minimum Gasteiger partial charge on any atom is -0.480 e. The number of hydrogen-bond donors (Lipinski definition) is 1. The van der Waals surface area contributed by atoms with E-state index < -0.39 is 5.97 Å². The first-order valence-electron chi connectivity index (χ1n) is 6.03. The molecule has 1 aromatic heterocycles. The summed E-state index contributed by atoms with van der Waals surface area (Å²) >= 11 is 0. The number of carboxylic acids is 1. The summed E-state index contributed by atoms with van der Waals surface area (Å²) in [5.41, 5.74) is 1.20. The zero-order chi connectivity index (χ0) is 13.7. The van der Waals surface area contributed by atoms with E-state index in [1.165, 1.54) is 4.90 Å². The molecule has 0 saturated heterocycles. The van der Waals surface area contributed by atoms with Gasteiger partial charge in [0.05, 0.1) is 11.3 Å². The summed E-state index contributed by atoms with van der Waals surface area (Å²) in [5, 5.41) is 13.0. The second-order valence-corrected chi connectivity index (χ2v) is 4.14. The molecule has 0 fully saturated rings. The van der Waals surface area contributed by atoms with Crippen LogP contribution >= 0.6 is 0 Å². The molecule has 1 N–H and O–H groups in total. The summed E-state index contributed by atoms with van der Waals surface area (Å²) in [7, 11) is 1.75. The molecule has 0 aliphatic carbocycles. The molecule has 0 aromatic carbocycles. The first-order valence-corrected chi connectivity index (χ1v) is 6.03. The highest BCUT2D eigenvalue weighted by molar-refractivity contribution is 5.96. The Hall–Kier alpha value is -1.85. The number of rotatable bonds is 6. The van der Waals surface area contributed by atoms with Crippen molar-refractivity contribution in [3.8, 4) is 0 Å². The van der Waals surface area contributed by atoms with Crippen LogP contribution in [0.5, 0.6) is 0 Å². The minimum absolute atomic E-state index is 0.260. The van der Waals surface area contributed by atoms with E-state index in [0.717, 1.165) is 6.42 Å². The Balaban J connectivity index is 2.96. The van der Waals surface area contributed by atoms with Gasteiger partial charge in [-0.3, -0.25) is 14.3 Å². The molecule has 0 bridgehead atoms. The van der Waals surface area contributed by atoms with Gasteiger partial charge >= 0.3 is 5.97 Å². The molecule has 1 amide bonds. The van der Waals surface area contributed by atoms with Crippen LogP contribution in [0.2, 0.25) is 0 Å². The Morgan fingerprint density at radius 2 is 2.11 bits per heavy atom. The molecule has 18 heavy (non-hydrogen) atoms. The highest BCUT2D eigenvalue weighted by Crippen LogP contribution is 2.11. The van der Waals surface area contributed by atoms with Gasteiger partial charge in [0.15, 0.2) is 0 Å². The van der Waals surface area contributed by atoms with Crippen LogP contribution in [0, 0.1) is 0 Å². The van der Waals surface area contributed by atoms with E-state index in [1.807, 2.05) is 13.8 Å². The number of carboxylic acid groups (broad SMARTS) is 1. The number of hydrogen-bond acceptors (Lipinski definition) is 3. The van der Waals surface area contributed by atoms with Gasteiger partial charge in [-0.25, -0.2) is 0 Å². The standard InChI is InChI=1S/C12H19N3O3/c1-4-6-15(8-11(16)17)12(18)9-7-14(3)13-10(9)5-2/h7H,4-6,8H2,1-3H3,(H,16,17). The second kappa shape index (κ2) is 6.18. The Morgan fingerprint density at radius 1 is 1.44 bits per heavy atom. The number of carbonyl (C=O) groups is 2. The lowest BCUT2D eigenvalue weighted by Gasteiger charge is -2.19. The van der Waals surface area contributed by atoms with Crippen molar-refractivity contribution in [2.24, 2.45) is 7.05 Å². The minimum atomic E-state index is -1.00. The third-order valence-corrected chi connectivity index (χ3v) is 2.58. The molecule has 1 rings (SSSR count). The molecule has 0 aliphatic heterocycles. The topological polar surface area (TPSA) is 75.4 Å². The molecular weight excluding hydrogens is 234 g/mol. The quantitative estimate of drug-likeness (QED) is 0.818. The smallest absolute Gasteiger partial charge is 0.323 e. The van der Waals surface area contributed by atoms with E-state index in [0.29, 0.717) is 24.2 Å². The molecule has 0 saturated carbocycles. The summed E-state index contributed by atoms with van der Waals surface area (Å²) in [5.74, 6) is -1.26. The van der Waals surface area contributed by atoms with Crippen LogP contribution in [0.1, 0.15) is 36.3 Å².